The van der Waals surface area contributed by atoms with Crippen LogP contribution in [-0.4, -0.2) is 25.5 Å². The molecule has 15 heavy (non-hydrogen) atoms. The number of thioether (sulfide) groups is 1. The molecule has 0 fully saturated rings. The van der Waals surface area contributed by atoms with Crippen LogP contribution in [-0.2, 0) is 0 Å². The SMILES string of the molecule is C#CCSc1ccc(-n2ccnc2)nn1. The van der Waals surface area contributed by atoms with Gasteiger partial charge in [0.1, 0.15) is 11.4 Å². The molecule has 0 atom stereocenters. The number of imidazole rings is 1. The van der Waals surface area contributed by atoms with Gasteiger partial charge in [-0.05, 0) is 12.1 Å². The molecule has 0 unspecified atom stereocenters. The van der Waals surface area contributed by atoms with E-state index < -0.39 is 0 Å². The molecule has 0 amide bonds. The summed E-state index contributed by atoms with van der Waals surface area (Å²) < 4.78 is 1.79. The van der Waals surface area contributed by atoms with Crippen molar-refractivity contribution in [2.75, 3.05) is 5.75 Å². The van der Waals surface area contributed by atoms with Crippen molar-refractivity contribution in [2.45, 2.75) is 5.03 Å². The fraction of sp³-hybridized carbons (Fsp3) is 0.100. The predicted octanol–water partition coefficient (Wildman–Crippen LogP) is 1.39. The zero-order chi connectivity index (χ0) is 10.5. The first-order chi connectivity index (χ1) is 7.40. The van der Waals surface area contributed by atoms with E-state index in [2.05, 4.69) is 21.1 Å². The van der Waals surface area contributed by atoms with Crippen LogP contribution in [0.2, 0.25) is 0 Å². The molecule has 2 aromatic heterocycles. The summed E-state index contributed by atoms with van der Waals surface area (Å²) in [4.78, 5) is 3.93. The van der Waals surface area contributed by atoms with E-state index in [-0.39, 0.29) is 0 Å². The first-order valence-corrected chi connectivity index (χ1v) is 5.27. The minimum atomic E-state index is 0.610. The second-order valence-corrected chi connectivity index (χ2v) is 3.69. The molecule has 2 aromatic rings. The van der Waals surface area contributed by atoms with Gasteiger partial charge in [-0.3, -0.25) is 4.57 Å². The van der Waals surface area contributed by atoms with E-state index in [1.807, 2.05) is 18.3 Å². The molecule has 2 heterocycles. The summed E-state index contributed by atoms with van der Waals surface area (Å²) in [5, 5.41) is 8.93. The zero-order valence-corrected chi connectivity index (χ0v) is 8.68. The molecule has 2 rings (SSSR count). The van der Waals surface area contributed by atoms with E-state index in [0.29, 0.717) is 5.75 Å². The molecule has 0 spiro atoms. The average molecular weight is 216 g/mol. The second-order valence-electron chi connectivity index (χ2n) is 2.69. The van der Waals surface area contributed by atoms with E-state index in [9.17, 15) is 0 Å². The van der Waals surface area contributed by atoms with Gasteiger partial charge in [0.15, 0.2) is 5.82 Å². The molecule has 5 heteroatoms. The van der Waals surface area contributed by atoms with Gasteiger partial charge in [-0.2, -0.15) is 0 Å². The molecule has 0 aliphatic rings. The molecular weight excluding hydrogens is 208 g/mol. The van der Waals surface area contributed by atoms with Crippen LogP contribution in [0.25, 0.3) is 5.82 Å². The van der Waals surface area contributed by atoms with Gasteiger partial charge in [-0.1, -0.05) is 17.7 Å². The Morgan fingerprint density at radius 3 is 2.93 bits per heavy atom. The number of hydrogen-bond acceptors (Lipinski definition) is 4. The molecule has 74 valence electrons. The fourth-order valence-corrected chi connectivity index (χ4v) is 1.53. The molecule has 0 saturated carbocycles. The lowest BCUT2D eigenvalue weighted by Crippen LogP contribution is -1.96. The molecule has 0 radical (unpaired) electrons. The fourth-order valence-electron chi connectivity index (χ4n) is 1.04. The van der Waals surface area contributed by atoms with Crippen molar-refractivity contribution in [1.29, 1.82) is 0 Å². The molecule has 4 nitrogen and oxygen atoms in total. The third-order valence-electron chi connectivity index (χ3n) is 1.70. The molecule has 0 aliphatic carbocycles. The molecular formula is C10H8N4S. The normalized spacial score (nSPS) is 9.80. The van der Waals surface area contributed by atoms with Gasteiger partial charge in [-0.15, -0.1) is 16.6 Å². The Labute approximate surface area is 91.8 Å². The smallest absolute Gasteiger partial charge is 0.160 e. The quantitative estimate of drug-likeness (QED) is 0.574. The van der Waals surface area contributed by atoms with E-state index in [1.54, 1.807) is 17.1 Å². The number of nitrogens with zero attached hydrogens (tertiary/aromatic N) is 4. The van der Waals surface area contributed by atoms with E-state index >= 15 is 0 Å². The van der Waals surface area contributed by atoms with Crippen LogP contribution in [0.1, 0.15) is 0 Å². The van der Waals surface area contributed by atoms with Gasteiger partial charge in [0, 0.05) is 12.4 Å². The summed E-state index contributed by atoms with van der Waals surface area (Å²) in [6, 6.07) is 3.78. The van der Waals surface area contributed by atoms with Crippen molar-refractivity contribution < 1.29 is 0 Å². The topological polar surface area (TPSA) is 43.6 Å². The number of rotatable bonds is 3. The summed E-state index contributed by atoms with van der Waals surface area (Å²) in [6.07, 6.45) is 10.3. The highest BCUT2D eigenvalue weighted by Crippen LogP contribution is 2.13. The molecule has 0 N–H and O–H groups in total. The van der Waals surface area contributed by atoms with Crippen LogP contribution in [0.4, 0.5) is 0 Å². The zero-order valence-electron chi connectivity index (χ0n) is 7.87. The summed E-state index contributed by atoms with van der Waals surface area (Å²) in [7, 11) is 0. The van der Waals surface area contributed by atoms with Gasteiger partial charge < -0.3 is 0 Å². The number of terminal acetylenes is 1. The van der Waals surface area contributed by atoms with Crippen molar-refractivity contribution in [3.05, 3.63) is 30.9 Å². The first kappa shape index (κ1) is 9.74. The Bertz CT molecular complexity index is 455. The molecule has 0 aliphatic heterocycles. The van der Waals surface area contributed by atoms with Gasteiger partial charge in [-0.25, -0.2) is 4.98 Å². The van der Waals surface area contributed by atoms with Gasteiger partial charge in [0.2, 0.25) is 0 Å². The molecule has 0 aromatic carbocycles. The van der Waals surface area contributed by atoms with Crippen molar-refractivity contribution in [3.63, 3.8) is 0 Å². The predicted molar refractivity (Wildman–Crippen MR) is 58.7 cm³/mol. The third kappa shape index (κ3) is 2.36. The lowest BCUT2D eigenvalue weighted by atomic mass is 10.5. The van der Waals surface area contributed by atoms with E-state index in [1.165, 1.54) is 11.8 Å². The summed E-state index contributed by atoms with van der Waals surface area (Å²) >= 11 is 1.49. The average Bonchev–Trinajstić information content (AvgIpc) is 2.80. The monoisotopic (exact) mass is 216 g/mol. The van der Waals surface area contributed by atoms with E-state index in [4.69, 9.17) is 6.42 Å². The van der Waals surface area contributed by atoms with Crippen LogP contribution >= 0.6 is 11.8 Å². The number of hydrogen-bond donors (Lipinski definition) is 0. The lowest BCUT2D eigenvalue weighted by molar-refractivity contribution is 0.861. The van der Waals surface area contributed by atoms with Crippen LogP contribution < -0.4 is 0 Å². The maximum absolute atomic E-state index is 5.15. The lowest BCUT2D eigenvalue weighted by Gasteiger charge is -2.00. The van der Waals surface area contributed by atoms with Gasteiger partial charge in [0.05, 0.1) is 5.75 Å². The highest BCUT2D eigenvalue weighted by molar-refractivity contribution is 7.99. The second kappa shape index (κ2) is 4.62. The molecule has 0 bridgehead atoms. The van der Waals surface area contributed by atoms with Crippen LogP contribution in [0.5, 0.6) is 0 Å². The number of aromatic nitrogens is 4. The van der Waals surface area contributed by atoms with Gasteiger partial charge >= 0.3 is 0 Å². The van der Waals surface area contributed by atoms with Crippen molar-refractivity contribution >= 4 is 11.8 Å². The Morgan fingerprint density at radius 1 is 1.40 bits per heavy atom. The first-order valence-electron chi connectivity index (χ1n) is 4.28. The van der Waals surface area contributed by atoms with Crippen molar-refractivity contribution in [1.82, 2.24) is 19.7 Å². The van der Waals surface area contributed by atoms with Crippen LogP contribution in [0.15, 0.2) is 35.9 Å². The Balaban J connectivity index is 2.15. The summed E-state index contributed by atoms with van der Waals surface area (Å²) in [6.45, 7) is 0. The highest BCUT2D eigenvalue weighted by Gasteiger charge is 1.99. The highest BCUT2D eigenvalue weighted by atomic mass is 32.2. The Morgan fingerprint density at radius 2 is 2.33 bits per heavy atom. The summed E-state index contributed by atoms with van der Waals surface area (Å²) in [5.74, 6) is 3.90. The van der Waals surface area contributed by atoms with Crippen molar-refractivity contribution in [3.8, 4) is 18.2 Å². The van der Waals surface area contributed by atoms with Crippen LogP contribution in [0.3, 0.4) is 0 Å². The largest absolute Gasteiger partial charge is 0.289 e. The van der Waals surface area contributed by atoms with Crippen molar-refractivity contribution in [2.24, 2.45) is 0 Å². The maximum atomic E-state index is 5.15. The minimum Gasteiger partial charge on any atom is -0.289 e. The standard InChI is InChI=1S/C10H8N4S/c1-2-7-15-10-4-3-9(12-13-10)14-6-5-11-8-14/h1,3-6,8H,7H2. The van der Waals surface area contributed by atoms with E-state index in [0.717, 1.165) is 10.8 Å². The molecule has 0 saturated heterocycles. The third-order valence-corrected chi connectivity index (χ3v) is 2.52. The maximum Gasteiger partial charge on any atom is 0.160 e. The summed E-state index contributed by atoms with van der Waals surface area (Å²) in [5.41, 5.74) is 0. The van der Waals surface area contributed by atoms with Gasteiger partial charge in [0.25, 0.3) is 0 Å². The Kier molecular flexibility index (Phi) is 3.00. The minimum absolute atomic E-state index is 0.610. The van der Waals surface area contributed by atoms with Crippen LogP contribution in [0, 0.1) is 12.3 Å². The Hall–Kier alpha value is -1.80.